The van der Waals surface area contributed by atoms with Gasteiger partial charge in [0.2, 0.25) is 0 Å². The van der Waals surface area contributed by atoms with Gasteiger partial charge in [0.25, 0.3) is 0 Å². The molecule has 2 rings (SSSR count). The molecule has 2 heteroatoms. The highest BCUT2D eigenvalue weighted by molar-refractivity contribution is 5.42. The van der Waals surface area contributed by atoms with Crippen LogP contribution in [0, 0.1) is 5.41 Å². The standard InChI is InChI=1S/C16H24O2/c1-15(2,3)10-13(17)11-6-7-14-12(8-11)9-16(4,5)18-14/h6-8,13,17H,9-10H2,1-5H3. The van der Waals surface area contributed by atoms with E-state index >= 15 is 0 Å². The third-order valence-electron chi connectivity index (χ3n) is 3.28. The smallest absolute Gasteiger partial charge is 0.123 e. The predicted molar refractivity (Wildman–Crippen MR) is 73.9 cm³/mol. The van der Waals surface area contributed by atoms with E-state index in [0.29, 0.717) is 0 Å². The van der Waals surface area contributed by atoms with E-state index in [1.807, 2.05) is 12.1 Å². The van der Waals surface area contributed by atoms with Gasteiger partial charge < -0.3 is 9.84 Å². The Bertz CT molecular complexity index is 441. The molecule has 1 aromatic carbocycles. The fraction of sp³-hybridized carbons (Fsp3) is 0.625. The highest BCUT2D eigenvalue weighted by atomic mass is 16.5. The van der Waals surface area contributed by atoms with E-state index in [1.165, 1.54) is 5.56 Å². The van der Waals surface area contributed by atoms with Gasteiger partial charge in [0.15, 0.2) is 0 Å². The van der Waals surface area contributed by atoms with Crippen molar-refractivity contribution in [2.75, 3.05) is 0 Å². The van der Waals surface area contributed by atoms with Crippen LogP contribution in [0.3, 0.4) is 0 Å². The summed E-state index contributed by atoms with van der Waals surface area (Å²) in [7, 11) is 0. The molecule has 1 heterocycles. The molecule has 0 aliphatic carbocycles. The SMILES string of the molecule is CC(C)(C)CC(O)c1ccc2c(c1)CC(C)(C)O2. The molecule has 2 nitrogen and oxygen atoms in total. The van der Waals surface area contributed by atoms with Crippen LogP contribution in [0.5, 0.6) is 5.75 Å². The van der Waals surface area contributed by atoms with E-state index in [9.17, 15) is 5.11 Å². The molecule has 1 N–H and O–H groups in total. The van der Waals surface area contributed by atoms with E-state index in [2.05, 4.69) is 40.7 Å². The quantitative estimate of drug-likeness (QED) is 0.861. The number of hydrogen-bond acceptors (Lipinski definition) is 2. The molecular formula is C16H24O2. The molecule has 100 valence electrons. The van der Waals surface area contributed by atoms with Gasteiger partial charge in [-0.1, -0.05) is 26.8 Å². The van der Waals surface area contributed by atoms with Gasteiger partial charge in [0.05, 0.1) is 6.10 Å². The van der Waals surface area contributed by atoms with Crippen molar-refractivity contribution in [3.63, 3.8) is 0 Å². The molecule has 1 aromatic rings. The number of hydrogen-bond donors (Lipinski definition) is 1. The van der Waals surface area contributed by atoms with E-state index in [0.717, 1.165) is 24.2 Å². The first kappa shape index (κ1) is 13.4. The Hall–Kier alpha value is -1.02. The fourth-order valence-electron chi connectivity index (χ4n) is 2.53. The lowest BCUT2D eigenvalue weighted by atomic mass is 9.86. The van der Waals surface area contributed by atoms with Gasteiger partial charge in [-0.3, -0.25) is 0 Å². The lowest BCUT2D eigenvalue weighted by molar-refractivity contribution is 0.122. The second kappa shape index (κ2) is 4.27. The average molecular weight is 248 g/mol. The molecule has 1 aliphatic rings. The van der Waals surface area contributed by atoms with Crippen LogP contribution in [0.2, 0.25) is 0 Å². The Morgan fingerprint density at radius 3 is 2.61 bits per heavy atom. The van der Waals surface area contributed by atoms with Crippen molar-refractivity contribution in [1.82, 2.24) is 0 Å². The van der Waals surface area contributed by atoms with Crippen LogP contribution in [0.4, 0.5) is 0 Å². The molecule has 0 fully saturated rings. The van der Waals surface area contributed by atoms with Gasteiger partial charge in [-0.15, -0.1) is 0 Å². The van der Waals surface area contributed by atoms with Crippen molar-refractivity contribution in [3.8, 4) is 5.75 Å². The van der Waals surface area contributed by atoms with Crippen LogP contribution < -0.4 is 4.74 Å². The first-order chi connectivity index (χ1) is 8.16. The Balaban J connectivity index is 2.18. The fourth-order valence-corrected chi connectivity index (χ4v) is 2.53. The maximum atomic E-state index is 10.3. The summed E-state index contributed by atoms with van der Waals surface area (Å²) in [6.45, 7) is 10.6. The van der Waals surface area contributed by atoms with Gasteiger partial charge in [-0.2, -0.15) is 0 Å². The maximum absolute atomic E-state index is 10.3. The molecule has 1 atom stereocenters. The molecular weight excluding hydrogens is 224 g/mol. The largest absolute Gasteiger partial charge is 0.487 e. The second-order valence-corrected chi connectivity index (χ2v) is 7.19. The van der Waals surface area contributed by atoms with Gasteiger partial charge in [0, 0.05) is 6.42 Å². The molecule has 1 aliphatic heterocycles. The molecule has 0 saturated carbocycles. The molecule has 0 saturated heterocycles. The number of aliphatic hydroxyl groups excluding tert-OH is 1. The Morgan fingerprint density at radius 1 is 1.33 bits per heavy atom. The Labute approximate surface area is 110 Å². The number of rotatable bonds is 2. The van der Waals surface area contributed by atoms with Crippen molar-refractivity contribution in [1.29, 1.82) is 0 Å². The number of ether oxygens (including phenoxy) is 1. The molecule has 1 unspecified atom stereocenters. The van der Waals surface area contributed by atoms with Crippen molar-refractivity contribution in [2.45, 2.75) is 59.2 Å². The molecule has 0 aromatic heterocycles. The first-order valence-corrected chi connectivity index (χ1v) is 6.66. The van der Waals surface area contributed by atoms with Crippen molar-refractivity contribution in [2.24, 2.45) is 5.41 Å². The minimum Gasteiger partial charge on any atom is -0.487 e. The molecule has 0 bridgehead atoms. The van der Waals surface area contributed by atoms with Crippen LogP contribution in [0.15, 0.2) is 18.2 Å². The summed E-state index contributed by atoms with van der Waals surface area (Å²) in [5.41, 5.74) is 2.24. The summed E-state index contributed by atoms with van der Waals surface area (Å²) in [6.07, 6.45) is 1.30. The maximum Gasteiger partial charge on any atom is 0.123 e. The third kappa shape index (κ3) is 3.05. The summed E-state index contributed by atoms with van der Waals surface area (Å²) in [4.78, 5) is 0. The number of aliphatic hydroxyl groups is 1. The summed E-state index contributed by atoms with van der Waals surface area (Å²) in [6, 6.07) is 6.07. The molecule has 18 heavy (non-hydrogen) atoms. The van der Waals surface area contributed by atoms with Crippen LogP contribution >= 0.6 is 0 Å². The zero-order chi connectivity index (χ0) is 13.6. The van der Waals surface area contributed by atoms with Crippen LogP contribution in [-0.4, -0.2) is 10.7 Å². The monoisotopic (exact) mass is 248 g/mol. The van der Waals surface area contributed by atoms with E-state index in [-0.39, 0.29) is 17.1 Å². The van der Waals surface area contributed by atoms with E-state index in [4.69, 9.17) is 4.74 Å². The zero-order valence-electron chi connectivity index (χ0n) is 12.1. The van der Waals surface area contributed by atoms with Gasteiger partial charge in [0.1, 0.15) is 11.4 Å². The molecule has 0 radical (unpaired) electrons. The zero-order valence-corrected chi connectivity index (χ0v) is 12.1. The summed E-state index contributed by atoms with van der Waals surface area (Å²) >= 11 is 0. The predicted octanol–water partition coefficient (Wildman–Crippen LogP) is 3.87. The third-order valence-corrected chi connectivity index (χ3v) is 3.28. The average Bonchev–Trinajstić information content (AvgIpc) is 2.47. The van der Waals surface area contributed by atoms with E-state index in [1.54, 1.807) is 0 Å². The number of benzene rings is 1. The summed E-state index contributed by atoms with van der Waals surface area (Å²) in [5.74, 6) is 0.965. The van der Waals surface area contributed by atoms with Crippen LogP contribution in [-0.2, 0) is 6.42 Å². The number of fused-ring (bicyclic) bond motifs is 1. The first-order valence-electron chi connectivity index (χ1n) is 6.66. The van der Waals surface area contributed by atoms with Gasteiger partial charge in [-0.25, -0.2) is 0 Å². The summed E-state index contributed by atoms with van der Waals surface area (Å²) in [5, 5.41) is 10.3. The van der Waals surface area contributed by atoms with Gasteiger partial charge >= 0.3 is 0 Å². The molecule has 0 spiro atoms. The van der Waals surface area contributed by atoms with Crippen molar-refractivity contribution in [3.05, 3.63) is 29.3 Å². The normalized spacial score (nSPS) is 19.2. The highest BCUT2D eigenvalue weighted by Crippen LogP contribution is 2.37. The topological polar surface area (TPSA) is 29.5 Å². The lowest BCUT2D eigenvalue weighted by Gasteiger charge is -2.22. The van der Waals surface area contributed by atoms with Crippen LogP contribution in [0.25, 0.3) is 0 Å². The van der Waals surface area contributed by atoms with Crippen molar-refractivity contribution < 1.29 is 9.84 Å². The minimum absolute atomic E-state index is 0.115. The van der Waals surface area contributed by atoms with Crippen LogP contribution in [0.1, 0.15) is 58.3 Å². The Morgan fingerprint density at radius 2 is 2.00 bits per heavy atom. The van der Waals surface area contributed by atoms with E-state index < -0.39 is 0 Å². The molecule has 0 amide bonds. The lowest BCUT2D eigenvalue weighted by Crippen LogP contribution is -2.24. The highest BCUT2D eigenvalue weighted by Gasteiger charge is 2.30. The second-order valence-electron chi connectivity index (χ2n) is 7.19. The van der Waals surface area contributed by atoms with Gasteiger partial charge in [-0.05, 0) is 48.9 Å². The minimum atomic E-state index is -0.390. The Kier molecular flexibility index (Phi) is 3.18. The summed E-state index contributed by atoms with van der Waals surface area (Å²) < 4.78 is 5.85. The van der Waals surface area contributed by atoms with Crippen molar-refractivity contribution >= 4 is 0 Å².